The molecule has 106 valence electrons. The number of aliphatic hydroxyl groups is 1. The molecular weight excluding hydrogens is 250 g/mol. The van der Waals surface area contributed by atoms with E-state index >= 15 is 0 Å². The zero-order valence-electron chi connectivity index (χ0n) is 11.8. The molecule has 1 aromatic carbocycles. The van der Waals surface area contributed by atoms with Gasteiger partial charge in [-0.2, -0.15) is 0 Å². The number of imidazole rings is 1. The number of hydrogen-bond acceptors (Lipinski definition) is 3. The predicted octanol–water partition coefficient (Wildman–Crippen LogP) is 2.04. The molecule has 0 atom stereocenters. The van der Waals surface area contributed by atoms with Crippen LogP contribution >= 0.6 is 0 Å². The molecule has 0 saturated heterocycles. The maximum Gasteiger partial charge on any atom is 0.110 e. The van der Waals surface area contributed by atoms with Crippen LogP contribution in [0.15, 0.2) is 36.5 Å². The summed E-state index contributed by atoms with van der Waals surface area (Å²) in [6.45, 7) is 3.80. The smallest absolute Gasteiger partial charge is 0.110 e. The SMILES string of the molecule is Cc1ncc(CNCC2CC(O)C2)n1-c1ccccc1. The monoisotopic (exact) mass is 271 g/mol. The molecule has 4 heteroatoms. The van der Waals surface area contributed by atoms with Crippen molar-refractivity contribution in [3.63, 3.8) is 0 Å². The third kappa shape index (κ3) is 2.76. The lowest BCUT2D eigenvalue weighted by Crippen LogP contribution is -2.36. The third-order valence-corrected chi connectivity index (χ3v) is 3.98. The molecule has 0 unspecified atom stereocenters. The minimum absolute atomic E-state index is 0.0705. The number of nitrogens with one attached hydrogen (secondary N) is 1. The Kier molecular flexibility index (Phi) is 3.85. The molecule has 2 aromatic rings. The van der Waals surface area contributed by atoms with Gasteiger partial charge in [-0.3, -0.25) is 4.57 Å². The molecule has 1 aliphatic rings. The van der Waals surface area contributed by atoms with Crippen molar-refractivity contribution in [3.8, 4) is 5.69 Å². The number of aryl methyl sites for hydroxylation is 1. The summed E-state index contributed by atoms with van der Waals surface area (Å²) in [5.74, 6) is 1.63. The van der Waals surface area contributed by atoms with Crippen LogP contribution in [0.4, 0.5) is 0 Å². The Balaban J connectivity index is 1.65. The number of hydrogen-bond donors (Lipinski definition) is 2. The van der Waals surface area contributed by atoms with Crippen LogP contribution in [0.2, 0.25) is 0 Å². The lowest BCUT2D eigenvalue weighted by molar-refractivity contribution is 0.0429. The van der Waals surface area contributed by atoms with Gasteiger partial charge in [0.1, 0.15) is 5.82 Å². The van der Waals surface area contributed by atoms with Crippen molar-refractivity contribution in [3.05, 3.63) is 48.0 Å². The zero-order valence-corrected chi connectivity index (χ0v) is 11.8. The van der Waals surface area contributed by atoms with Crippen molar-refractivity contribution < 1.29 is 5.11 Å². The summed E-state index contributed by atoms with van der Waals surface area (Å²) in [5.41, 5.74) is 2.33. The average molecular weight is 271 g/mol. The van der Waals surface area contributed by atoms with Crippen LogP contribution in [0.5, 0.6) is 0 Å². The second-order valence-electron chi connectivity index (χ2n) is 5.59. The fourth-order valence-electron chi connectivity index (χ4n) is 2.82. The Bertz CT molecular complexity index is 558. The molecule has 20 heavy (non-hydrogen) atoms. The van der Waals surface area contributed by atoms with Gasteiger partial charge >= 0.3 is 0 Å². The van der Waals surface area contributed by atoms with Crippen molar-refractivity contribution in [2.75, 3.05) is 6.54 Å². The van der Waals surface area contributed by atoms with Crippen LogP contribution < -0.4 is 5.32 Å². The van der Waals surface area contributed by atoms with Gasteiger partial charge < -0.3 is 10.4 Å². The first-order valence-corrected chi connectivity index (χ1v) is 7.21. The molecular formula is C16H21N3O. The molecule has 0 amide bonds. The molecule has 0 aliphatic heterocycles. The normalized spacial score (nSPS) is 21.7. The van der Waals surface area contributed by atoms with Gasteiger partial charge in [0.15, 0.2) is 0 Å². The van der Waals surface area contributed by atoms with Gasteiger partial charge in [0.25, 0.3) is 0 Å². The van der Waals surface area contributed by atoms with E-state index in [1.54, 1.807) is 0 Å². The summed E-state index contributed by atoms with van der Waals surface area (Å²) in [6.07, 6.45) is 3.73. The topological polar surface area (TPSA) is 50.1 Å². The molecule has 2 N–H and O–H groups in total. The van der Waals surface area contributed by atoms with Crippen LogP contribution in [0.1, 0.15) is 24.4 Å². The summed E-state index contributed by atoms with van der Waals surface area (Å²) < 4.78 is 2.18. The Labute approximate surface area is 119 Å². The van der Waals surface area contributed by atoms with Gasteiger partial charge in [0, 0.05) is 12.2 Å². The first-order valence-electron chi connectivity index (χ1n) is 7.21. The van der Waals surface area contributed by atoms with Crippen LogP contribution in [0.25, 0.3) is 5.69 Å². The number of nitrogens with zero attached hydrogens (tertiary/aromatic N) is 2. The number of benzene rings is 1. The van der Waals surface area contributed by atoms with Crippen molar-refractivity contribution in [2.24, 2.45) is 5.92 Å². The maximum absolute atomic E-state index is 9.29. The number of aliphatic hydroxyl groups excluding tert-OH is 1. The highest BCUT2D eigenvalue weighted by Gasteiger charge is 2.26. The molecule has 1 aromatic heterocycles. The van der Waals surface area contributed by atoms with E-state index in [0.29, 0.717) is 5.92 Å². The molecule has 0 bridgehead atoms. The van der Waals surface area contributed by atoms with Crippen LogP contribution in [0, 0.1) is 12.8 Å². The molecule has 1 aliphatic carbocycles. The molecule has 0 spiro atoms. The van der Waals surface area contributed by atoms with Crippen LogP contribution in [0.3, 0.4) is 0 Å². The van der Waals surface area contributed by atoms with E-state index in [4.69, 9.17) is 0 Å². The minimum Gasteiger partial charge on any atom is -0.393 e. The van der Waals surface area contributed by atoms with Crippen LogP contribution in [-0.2, 0) is 6.54 Å². The Hall–Kier alpha value is -1.65. The van der Waals surface area contributed by atoms with Gasteiger partial charge in [0.05, 0.1) is 18.0 Å². The molecule has 1 heterocycles. The summed E-state index contributed by atoms with van der Waals surface area (Å²) in [5, 5.41) is 12.8. The largest absolute Gasteiger partial charge is 0.393 e. The second kappa shape index (κ2) is 5.77. The van der Waals surface area contributed by atoms with E-state index in [2.05, 4.69) is 27.0 Å². The van der Waals surface area contributed by atoms with E-state index in [-0.39, 0.29) is 6.10 Å². The summed E-state index contributed by atoms with van der Waals surface area (Å²) in [6, 6.07) is 10.3. The van der Waals surface area contributed by atoms with Gasteiger partial charge in [-0.15, -0.1) is 0 Å². The summed E-state index contributed by atoms with van der Waals surface area (Å²) in [7, 11) is 0. The van der Waals surface area contributed by atoms with E-state index in [0.717, 1.165) is 37.4 Å². The molecule has 4 nitrogen and oxygen atoms in total. The van der Waals surface area contributed by atoms with E-state index in [9.17, 15) is 5.11 Å². The van der Waals surface area contributed by atoms with Crippen molar-refractivity contribution >= 4 is 0 Å². The molecule has 0 radical (unpaired) electrons. The standard InChI is InChI=1S/C16H21N3O/c1-12-18-11-15(10-17-9-13-7-16(20)8-13)19(12)14-5-3-2-4-6-14/h2-6,11,13,16-17,20H,7-10H2,1H3. The zero-order chi connectivity index (χ0) is 13.9. The first kappa shape index (κ1) is 13.3. The Morgan fingerprint density at radius 2 is 2.05 bits per heavy atom. The minimum atomic E-state index is -0.0705. The maximum atomic E-state index is 9.29. The van der Waals surface area contributed by atoms with Crippen LogP contribution in [-0.4, -0.2) is 27.3 Å². The highest BCUT2D eigenvalue weighted by Crippen LogP contribution is 2.26. The summed E-state index contributed by atoms with van der Waals surface area (Å²) in [4.78, 5) is 4.42. The number of aromatic nitrogens is 2. The quantitative estimate of drug-likeness (QED) is 0.875. The van der Waals surface area contributed by atoms with Gasteiger partial charge in [-0.05, 0) is 44.4 Å². The summed E-state index contributed by atoms with van der Waals surface area (Å²) >= 11 is 0. The lowest BCUT2D eigenvalue weighted by Gasteiger charge is -2.31. The van der Waals surface area contributed by atoms with E-state index in [1.165, 1.54) is 5.69 Å². The fraction of sp³-hybridized carbons (Fsp3) is 0.438. The predicted molar refractivity (Wildman–Crippen MR) is 78.7 cm³/mol. The fourth-order valence-corrected chi connectivity index (χ4v) is 2.82. The number of para-hydroxylation sites is 1. The highest BCUT2D eigenvalue weighted by molar-refractivity contribution is 5.35. The van der Waals surface area contributed by atoms with E-state index in [1.807, 2.05) is 31.3 Å². The molecule has 1 saturated carbocycles. The molecule has 3 rings (SSSR count). The van der Waals surface area contributed by atoms with Gasteiger partial charge in [-0.25, -0.2) is 4.98 Å². The Morgan fingerprint density at radius 3 is 2.75 bits per heavy atom. The third-order valence-electron chi connectivity index (χ3n) is 3.98. The Morgan fingerprint density at radius 1 is 1.30 bits per heavy atom. The average Bonchev–Trinajstić information content (AvgIpc) is 2.79. The highest BCUT2D eigenvalue weighted by atomic mass is 16.3. The van der Waals surface area contributed by atoms with Gasteiger partial charge in [-0.1, -0.05) is 18.2 Å². The van der Waals surface area contributed by atoms with Gasteiger partial charge in [0.2, 0.25) is 0 Å². The van der Waals surface area contributed by atoms with Crippen molar-refractivity contribution in [1.29, 1.82) is 0 Å². The van der Waals surface area contributed by atoms with E-state index < -0.39 is 0 Å². The first-order chi connectivity index (χ1) is 9.74. The number of rotatable bonds is 5. The van der Waals surface area contributed by atoms with Crippen molar-refractivity contribution in [1.82, 2.24) is 14.9 Å². The lowest BCUT2D eigenvalue weighted by atomic mass is 9.82. The molecule has 1 fully saturated rings. The second-order valence-corrected chi connectivity index (χ2v) is 5.59. The van der Waals surface area contributed by atoms with Crippen molar-refractivity contribution in [2.45, 2.75) is 32.4 Å².